The fourth-order valence-corrected chi connectivity index (χ4v) is 2.78. The molecular weight excluding hydrogens is 300 g/mol. The molecule has 1 aliphatic heterocycles. The zero-order valence-electron chi connectivity index (χ0n) is 13.0. The Kier molecular flexibility index (Phi) is 3.24. The second-order valence-corrected chi connectivity index (χ2v) is 5.31. The zero-order chi connectivity index (χ0) is 16.9. The molecule has 1 aromatic carbocycles. The third kappa shape index (κ3) is 2.02. The quantitative estimate of drug-likeness (QED) is 0.858. The largest absolute Gasteiger partial charge is 0.478 e. The van der Waals surface area contributed by atoms with Gasteiger partial charge in [0.2, 0.25) is 0 Å². The number of hydrogen-bond donors (Lipinski definition) is 2. The van der Waals surface area contributed by atoms with E-state index in [4.69, 9.17) is 5.11 Å². The molecule has 0 radical (unpaired) electrons. The molecule has 2 heterocycles. The van der Waals surface area contributed by atoms with Crippen molar-refractivity contribution in [2.24, 2.45) is 14.1 Å². The average Bonchev–Trinajstić information content (AvgIpc) is 2.55. The monoisotopic (exact) mass is 316 g/mol. The van der Waals surface area contributed by atoms with Gasteiger partial charge in [-0.25, -0.2) is 9.59 Å². The molecule has 0 amide bonds. The van der Waals surface area contributed by atoms with Crippen LogP contribution in [0, 0.1) is 0 Å². The van der Waals surface area contributed by atoms with Gasteiger partial charge in [0.1, 0.15) is 11.5 Å². The highest BCUT2D eigenvalue weighted by Crippen LogP contribution is 2.41. The minimum absolute atomic E-state index is 0.133. The van der Waals surface area contributed by atoms with Gasteiger partial charge in [-0.2, -0.15) is 0 Å². The number of nitrogens with one attached hydrogen (secondary N) is 1. The summed E-state index contributed by atoms with van der Waals surface area (Å²) >= 11 is 0. The Labute approximate surface area is 131 Å². The van der Waals surface area contributed by atoms with E-state index in [0.717, 1.165) is 4.57 Å². The summed E-state index contributed by atoms with van der Waals surface area (Å²) < 4.78 is 2.41. The number of nitrogens with zero attached hydrogens (tertiary/aromatic N) is 3. The smallest absolute Gasteiger partial charge is 0.335 e. The summed E-state index contributed by atoms with van der Waals surface area (Å²) in [4.78, 5) is 37.6. The highest BCUT2D eigenvalue weighted by atomic mass is 16.4. The Hall–Kier alpha value is -3.03. The number of fused-ring (bicyclic) bond motifs is 2. The first-order valence-corrected chi connectivity index (χ1v) is 7.08. The Bertz CT molecular complexity index is 942. The first kappa shape index (κ1) is 14.9. The molecule has 0 atom stereocenters. The van der Waals surface area contributed by atoms with Crippen molar-refractivity contribution in [3.63, 3.8) is 0 Å². The standard InChI is InChI=1S/C15H16N4O4/c1-4-19-10-7-8(14(21)22)5-6-9(10)16-12-11(19)13(20)18(3)15(23)17(12)2/h5-7,16H,4H2,1-3H3,(H,21,22). The van der Waals surface area contributed by atoms with E-state index in [9.17, 15) is 14.4 Å². The first-order chi connectivity index (χ1) is 10.9. The van der Waals surface area contributed by atoms with Gasteiger partial charge in [0.05, 0.1) is 16.9 Å². The molecule has 2 N–H and O–H groups in total. The zero-order valence-corrected chi connectivity index (χ0v) is 13.0. The van der Waals surface area contributed by atoms with Crippen LogP contribution in [0.1, 0.15) is 17.3 Å². The Morgan fingerprint density at radius 3 is 2.52 bits per heavy atom. The van der Waals surface area contributed by atoms with Gasteiger partial charge in [-0.05, 0) is 25.1 Å². The SMILES string of the molecule is CCN1c2cc(C(=O)O)ccc2Nc2c1c(=O)n(C)c(=O)n2C. The number of benzene rings is 1. The molecule has 0 fully saturated rings. The van der Waals surface area contributed by atoms with E-state index in [0.29, 0.717) is 29.4 Å². The second kappa shape index (κ2) is 5.01. The summed E-state index contributed by atoms with van der Waals surface area (Å²) in [5.74, 6) is -0.640. The van der Waals surface area contributed by atoms with E-state index in [1.807, 2.05) is 6.92 Å². The van der Waals surface area contributed by atoms with Crippen LogP contribution in [0.25, 0.3) is 0 Å². The molecule has 8 heteroatoms. The number of aromatic nitrogens is 2. The van der Waals surface area contributed by atoms with E-state index >= 15 is 0 Å². The Balaban J connectivity index is 2.33. The molecule has 8 nitrogen and oxygen atoms in total. The maximum Gasteiger partial charge on any atom is 0.335 e. The highest BCUT2D eigenvalue weighted by molar-refractivity contribution is 5.95. The number of aromatic carboxylic acids is 1. The molecule has 2 aromatic rings. The third-order valence-electron chi connectivity index (χ3n) is 4.02. The molecular formula is C15H16N4O4. The minimum atomic E-state index is -1.04. The van der Waals surface area contributed by atoms with E-state index in [1.54, 1.807) is 18.0 Å². The highest BCUT2D eigenvalue weighted by Gasteiger charge is 2.28. The van der Waals surface area contributed by atoms with Crippen LogP contribution >= 0.6 is 0 Å². The van der Waals surface area contributed by atoms with Gasteiger partial charge >= 0.3 is 11.7 Å². The first-order valence-electron chi connectivity index (χ1n) is 7.08. The second-order valence-electron chi connectivity index (χ2n) is 5.31. The number of hydrogen-bond acceptors (Lipinski definition) is 5. The molecule has 0 saturated carbocycles. The lowest BCUT2D eigenvalue weighted by molar-refractivity contribution is 0.0697. The summed E-state index contributed by atoms with van der Waals surface area (Å²) in [6.07, 6.45) is 0. The van der Waals surface area contributed by atoms with Crippen molar-refractivity contribution in [1.82, 2.24) is 9.13 Å². The van der Waals surface area contributed by atoms with E-state index in [2.05, 4.69) is 5.32 Å². The van der Waals surface area contributed by atoms with Crippen molar-refractivity contribution in [3.8, 4) is 0 Å². The lowest BCUT2D eigenvalue weighted by Crippen LogP contribution is -2.42. The molecule has 0 bridgehead atoms. The van der Waals surface area contributed by atoms with Gasteiger partial charge < -0.3 is 15.3 Å². The summed E-state index contributed by atoms with van der Waals surface area (Å²) in [6.45, 7) is 2.31. The Morgan fingerprint density at radius 2 is 1.91 bits per heavy atom. The minimum Gasteiger partial charge on any atom is -0.478 e. The van der Waals surface area contributed by atoms with Crippen LogP contribution in [0.3, 0.4) is 0 Å². The number of carboxylic acids is 1. The molecule has 0 spiro atoms. The van der Waals surface area contributed by atoms with Crippen molar-refractivity contribution >= 4 is 28.8 Å². The van der Waals surface area contributed by atoms with E-state index in [-0.39, 0.29) is 5.56 Å². The van der Waals surface area contributed by atoms with Gasteiger partial charge in [0.25, 0.3) is 5.56 Å². The molecule has 1 aromatic heterocycles. The van der Waals surface area contributed by atoms with Gasteiger partial charge in [-0.15, -0.1) is 0 Å². The molecule has 120 valence electrons. The van der Waals surface area contributed by atoms with Gasteiger partial charge in [0, 0.05) is 20.6 Å². The Morgan fingerprint density at radius 1 is 1.22 bits per heavy atom. The van der Waals surface area contributed by atoms with Crippen LogP contribution in [-0.2, 0) is 14.1 Å². The summed E-state index contributed by atoms with van der Waals surface area (Å²) in [7, 11) is 3.00. The van der Waals surface area contributed by atoms with Crippen LogP contribution in [0.15, 0.2) is 27.8 Å². The number of carboxylic acid groups (broad SMARTS) is 1. The topological polar surface area (TPSA) is 96.6 Å². The van der Waals surface area contributed by atoms with Crippen molar-refractivity contribution in [3.05, 3.63) is 44.6 Å². The van der Waals surface area contributed by atoms with Gasteiger partial charge in [-0.1, -0.05) is 0 Å². The number of anilines is 4. The van der Waals surface area contributed by atoms with E-state index < -0.39 is 17.2 Å². The van der Waals surface area contributed by atoms with Crippen LogP contribution < -0.4 is 21.5 Å². The third-order valence-corrected chi connectivity index (χ3v) is 4.02. The number of rotatable bonds is 2. The van der Waals surface area contributed by atoms with E-state index in [1.165, 1.54) is 23.7 Å². The predicted molar refractivity (Wildman–Crippen MR) is 86.3 cm³/mol. The number of carbonyl (C=O) groups is 1. The lowest BCUT2D eigenvalue weighted by atomic mass is 10.1. The van der Waals surface area contributed by atoms with Gasteiger partial charge in [-0.3, -0.25) is 13.9 Å². The summed E-state index contributed by atoms with van der Waals surface area (Å²) in [6, 6.07) is 4.63. The average molecular weight is 316 g/mol. The molecule has 3 rings (SSSR count). The van der Waals surface area contributed by atoms with Crippen LogP contribution in [-0.4, -0.2) is 26.8 Å². The lowest BCUT2D eigenvalue weighted by Gasteiger charge is -2.33. The summed E-state index contributed by atoms with van der Waals surface area (Å²) in [5, 5.41) is 12.2. The van der Waals surface area contributed by atoms with Crippen molar-refractivity contribution in [1.29, 1.82) is 0 Å². The molecule has 23 heavy (non-hydrogen) atoms. The van der Waals surface area contributed by atoms with Crippen LogP contribution in [0.2, 0.25) is 0 Å². The fraction of sp³-hybridized carbons (Fsp3) is 0.267. The normalized spacial score (nSPS) is 12.4. The van der Waals surface area contributed by atoms with Crippen molar-refractivity contribution in [2.45, 2.75) is 6.92 Å². The van der Waals surface area contributed by atoms with Crippen LogP contribution in [0.4, 0.5) is 22.9 Å². The molecule has 1 aliphatic rings. The maximum absolute atomic E-state index is 12.5. The van der Waals surface area contributed by atoms with Crippen molar-refractivity contribution < 1.29 is 9.90 Å². The maximum atomic E-state index is 12.5. The van der Waals surface area contributed by atoms with Crippen molar-refractivity contribution in [2.75, 3.05) is 16.8 Å². The predicted octanol–water partition coefficient (Wildman–Crippen LogP) is 0.997. The molecule has 0 unspecified atom stereocenters. The summed E-state index contributed by atoms with van der Waals surface area (Å²) in [5.41, 5.74) is 0.844. The molecule has 0 saturated heterocycles. The van der Waals surface area contributed by atoms with Gasteiger partial charge in [0.15, 0.2) is 0 Å². The van der Waals surface area contributed by atoms with Crippen LogP contribution in [0.5, 0.6) is 0 Å². The fourth-order valence-electron chi connectivity index (χ4n) is 2.78. The molecule has 0 aliphatic carbocycles.